The summed E-state index contributed by atoms with van der Waals surface area (Å²) in [5, 5.41) is 4.61. The van der Waals surface area contributed by atoms with Gasteiger partial charge in [-0.1, -0.05) is 6.07 Å². The van der Waals surface area contributed by atoms with Crippen molar-refractivity contribution < 1.29 is 0 Å². The Bertz CT molecular complexity index is 657. The van der Waals surface area contributed by atoms with Gasteiger partial charge in [0.15, 0.2) is 0 Å². The van der Waals surface area contributed by atoms with Crippen LogP contribution in [0, 0.1) is 0 Å². The van der Waals surface area contributed by atoms with Gasteiger partial charge in [0.1, 0.15) is 17.1 Å². The van der Waals surface area contributed by atoms with Crippen molar-refractivity contribution in [3.63, 3.8) is 0 Å². The predicted octanol–water partition coefficient (Wildman–Crippen LogP) is 3.61. The van der Waals surface area contributed by atoms with Gasteiger partial charge in [0, 0.05) is 12.4 Å². The first-order valence-electron chi connectivity index (χ1n) is 4.93. The molecule has 0 saturated heterocycles. The molecule has 0 aliphatic rings. The highest BCUT2D eigenvalue weighted by molar-refractivity contribution is 7.78. The van der Waals surface area contributed by atoms with E-state index in [0.29, 0.717) is 22.8 Å². The minimum absolute atomic E-state index is 0.489. The highest BCUT2D eigenvalue weighted by Gasteiger charge is 2.11. The van der Waals surface area contributed by atoms with Crippen LogP contribution in [0.15, 0.2) is 46.6 Å². The predicted molar refractivity (Wildman–Crippen MR) is 76.8 cm³/mol. The van der Waals surface area contributed by atoms with Crippen molar-refractivity contribution in [2.45, 2.75) is 0 Å². The first-order chi connectivity index (χ1) is 8.86. The molecule has 4 nitrogen and oxygen atoms in total. The van der Waals surface area contributed by atoms with Gasteiger partial charge in [0.25, 0.3) is 0 Å². The Kier molecular flexibility index (Phi) is 4.12. The molecule has 18 heavy (non-hydrogen) atoms. The Balaban J connectivity index is 2.71. The summed E-state index contributed by atoms with van der Waals surface area (Å²) in [6.45, 7) is 0. The summed E-state index contributed by atoms with van der Waals surface area (Å²) in [4.78, 5) is 16.4. The van der Waals surface area contributed by atoms with E-state index in [0.717, 1.165) is 0 Å². The van der Waals surface area contributed by atoms with Crippen LogP contribution < -0.4 is 0 Å². The number of isothiocyanates is 2. The second kappa shape index (κ2) is 6.00. The van der Waals surface area contributed by atoms with Gasteiger partial charge in [-0.25, -0.2) is 0 Å². The van der Waals surface area contributed by atoms with Gasteiger partial charge in [0.2, 0.25) is 0 Å². The molecule has 0 bridgehead atoms. The molecule has 0 spiro atoms. The maximum Gasteiger partial charge on any atom is 0.128 e. The van der Waals surface area contributed by atoms with E-state index in [4.69, 9.17) is 0 Å². The summed E-state index contributed by atoms with van der Waals surface area (Å²) < 4.78 is 0. The van der Waals surface area contributed by atoms with Gasteiger partial charge < -0.3 is 0 Å². The Labute approximate surface area is 114 Å². The fourth-order valence-electron chi connectivity index (χ4n) is 1.43. The molecule has 86 valence electrons. The number of aliphatic imine (C=N–C) groups is 2. The van der Waals surface area contributed by atoms with Gasteiger partial charge in [-0.2, -0.15) is 9.98 Å². The van der Waals surface area contributed by atoms with Crippen molar-refractivity contribution in [1.82, 2.24) is 9.97 Å². The minimum Gasteiger partial charge on any atom is -0.255 e. The molecule has 0 aliphatic heterocycles. The van der Waals surface area contributed by atoms with Crippen molar-refractivity contribution in [3.8, 4) is 11.4 Å². The minimum atomic E-state index is 0.489. The SMILES string of the molecule is S=C=Nc1ccnc(-c2ccccn2)c1N=C=S. The molecule has 0 saturated carbocycles. The largest absolute Gasteiger partial charge is 0.255 e. The van der Waals surface area contributed by atoms with Crippen LogP contribution in [0.5, 0.6) is 0 Å². The third-order valence-electron chi connectivity index (χ3n) is 2.13. The summed E-state index contributed by atoms with van der Waals surface area (Å²) in [5.41, 5.74) is 2.30. The van der Waals surface area contributed by atoms with E-state index in [1.807, 2.05) is 18.2 Å². The second-order valence-electron chi connectivity index (χ2n) is 3.15. The molecule has 0 atom stereocenters. The third-order valence-corrected chi connectivity index (χ3v) is 2.32. The van der Waals surface area contributed by atoms with E-state index in [9.17, 15) is 0 Å². The van der Waals surface area contributed by atoms with E-state index in [1.54, 1.807) is 18.5 Å². The third kappa shape index (κ3) is 2.59. The van der Waals surface area contributed by atoms with E-state index in [-0.39, 0.29) is 0 Å². The monoisotopic (exact) mass is 270 g/mol. The lowest BCUT2D eigenvalue weighted by atomic mass is 10.2. The molecule has 2 aromatic heterocycles. The van der Waals surface area contributed by atoms with Crippen LogP contribution in [-0.4, -0.2) is 20.3 Å². The highest BCUT2D eigenvalue weighted by Crippen LogP contribution is 2.35. The van der Waals surface area contributed by atoms with Crippen LogP contribution in [0.2, 0.25) is 0 Å². The Morgan fingerprint density at radius 3 is 2.44 bits per heavy atom. The van der Waals surface area contributed by atoms with Crippen molar-refractivity contribution in [1.29, 1.82) is 0 Å². The number of rotatable bonds is 3. The zero-order chi connectivity index (χ0) is 12.8. The molecule has 0 radical (unpaired) electrons. The van der Waals surface area contributed by atoms with Crippen LogP contribution in [-0.2, 0) is 0 Å². The molecular weight excluding hydrogens is 264 g/mol. The quantitative estimate of drug-likeness (QED) is 0.631. The van der Waals surface area contributed by atoms with Crippen LogP contribution in [0.4, 0.5) is 11.4 Å². The number of aromatic nitrogens is 2. The standard InChI is InChI=1S/C12H6N4S2/c17-7-15-10-4-6-14-11(12(10)16-8-18)9-3-1-2-5-13-9/h1-6H. The molecule has 2 heterocycles. The van der Waals surface area contributed by atoms with Gasteiger partial charge in [-0.05, 0) is 42.6 Å². The van der Waals surface area contributed by atoms with Crippen LogP contribution >= 0.6 is 24.4 Å². The van der Waals surface area contributed by atoms with E-state index in [1.165, 1.54) is 0 Å². The lowest BCUT2D eigenvalue weighted by Gasteiger charge is -2.04. The smallest absolute Gasteiger partial charge is 0.128 e. The van der Waals surface area contributed by atoms with Crippen LogP contribution in [0.3, 0.4) is 0 Å². The topological polar surface area (TPSA) is 50.5 Å². The van der Waals surface area contributed by atoms with Crippen molar-refractivity contribution >= 4 is 46.1 Å². The average Bonchev–Trinajstić information content (AvgIpc) is 2.42. The number of pyridine rings is 2. The van der Waals surface area contributed by atoms with Crippen LogP contribution in [0.25, 0.3) is 11.4 Å². The van der Waals surface area contributed by atoms with Crippen molar-refractivity contribution in [2.24, 2.45) is 9.98 Å². The normalized spacial score (nSPS) is 9.11. The number of hydrogen-bond donors (Lipinski definition) is 0. The average molecular weight is 270 g/mol. The van der Waals surface area contributed by atoms with Crippen LogP contribution in [0.1, 0.15) is 0 Å². The summed E-state index contributed by atoms with van der Waals surface area (Å²) >= 11 is 9.23. The first kappa shape index (κ1) is 12.4. The Morgan fingerprint density at radius 1 is 0.944 bits per heavy atom. The summed E-state index contributed by atoms with van der Waals surface area (Å²) in [7, 11) is 0. The first-order valence-corrected chi connectivity index (χ1v) is 5.74. The Morgan fingerprint density at radius 2 is 1.78 bits per heavy atom. The van der Waals surface area contributed by atoms with E-state index < -0.39 is 0 Å². The molecule has 2 rings (SSSR count). The van der Waals surface area contributed by atoms with Gasteiger partial charge in [-0.15, -0.1) is 0 Å². The number of nitrogens with zero attached hydrogens (tertiary/aromatic N) is 4. The molecule has 0 N–H and O–H groups in total. The van der Waals surface area contributed by atoms with E-state index in [2.05, 4.69) is 54.7 Å². The summed E-state index contributed by atoms with van der Waals surface area (Å²) in [6.07, 6.45) is 3.29. The van der Waals surface area contributed by atoms with Gasteiger partial charge >= 0.3 is 0 Å². The molecule has 0 aromatic carbocycles. The molecule has 0 fully saturated rings. The summed E-state index contributed by atoms with van der Waals surface area (Å²) in [6, 6.07) is 7.20. The fraction of sp³-hybridized carbons (Fsp3) is 0. The molecule has 0 amide bonds. The maximum atomic E-state index is 4.63. The zero-order valence-electron chi connectivity index (χ0n) is 9.07. The molecule has 2 aromatic rings. The molecule has 0 aliphatic carbocycles. The second-order valence-corrected chi connectivity index (χ2v) is 3.51. The highest BCUT2D eigenvalue weighted by atomic mass is 32.1. The zero-order valence-corrected chi connectivity index (χ0v) is 10.7. The Hall–Kier alpha value is -2.10. The molecule has 6 heteroatoms. The van der Waals surface area contributed by atoms with Gasteiger partial charge in [0.05, 0.1) is 16.0 Å². The molecular formula is C12H6N4S2. The maximum absolute atomic E-state index is 4.63. The number of hydrogen-bond acceptors (Lipinski definition) is 6. The lowest BCUT2D eigenvalue weighted by molar-refractivity contribution is 1.23. The molecule has 0 unspecified atom stereocenters. The van der Waals surface area contributed by atoms with Gasteiger partial charge in [-0.3, -0.25) is 9.97 Å². The fourth-order valence-corrected chi connectivity index (χ4v) is 1.62. The summed E-state index contributed by atoms with van der Waals surface area (Å²) in [5.74, 6) is 0. The van der Waals surface area contributed by atoms with Crippen molar-refractivity contribution in [2.75, 3.05) is 0 Å². The van der Waals surface area contributed by atoms with Crippen molar-refractivity contribution in [3.05, 3.63) is 36.7 Å². The lowest BCUT2D eigenvalue weighted by Crippen LogP contribution is -1.87. The number of thiocarbonyl (C=S) groups is 2. The van der Waals surface area contributed by atoms with E-state index >= 15 is 0 Å².